The fraction of sp³-hybridized carbons (Fsp3) is 0.917. The van der Waals surface area contributed by atoms with Crippen molar-refractivity contribution in [1.82, 2.24) is 4.90 Å². The Labute approximate surface area is 98.9 Å². The highest BCUT2D eigenvalue weighted by molar-refractivity contribution is 5.70. The van der Waals surface area contributed by atoms with Crippen LogP contribution < -0.4 is 0 Å². The van der Waals surface area contributed by atoms with Crippen LogP contribution in [0.2, 0.25) is 0 Å². The number of nitrogens with zero attached hydrogens (tertiary/aromatic N) is 1. The Morgan fingerprint density at radius 3 is 2.56 bits per heavy atom. The molecule has 0 fully saturated rings. The molecule has 0 saturated heterocycles. The zero-order valence-electron chi connectivity index (χ0n) is 11.0. The molecule has 0 aromatic heterocycles. The molecule has 0 aliphatic carbocycles. The van der Waals surface area contributed by atoms with Gasteiger partial charge in [0.25, 0.3) is 0 Å². The van der Waals surface area contributed by atoms with Gasteiger partial charge in [-0.2, -0.15) is 0 Å². The third-order valence-corrected chi connectivity index (χ3v) is 2.23. The maximum atomic E-state index is 10.9. The summed E-state index contributed by atoms with van der Waals surface area (Å²) in [6, 6.07) is 0. The molecule has 16 heavy (non-hydrogen) atoms. The molecule has 0 spiro atoms. The normalized spacial score (nSPS) is 11.1. The summed E-state index contributed by atoms with van der Waals surface area (Å²) in [7, 11) is 2.07. The Bertz CT molecular complexity index is 183. The molecule has 0 unspecified atom stereocenters. The predicted octanol–water partition coefficient (Wildman–Crippen LogP) is 1.54. The third-order valence-electron chi connectivity index (χ3n) is 2.23. The van der Waals surface area contributed by atoms with Gasteiger partial charge in [-0.25, -0.2) is 4.79 Å². The van der Waals surface area contributed by atoms with Crippen LogP contribution in [0.15, 0.2) is 0 Å². The first-order valence-corrected chi connectivity index (χ1v) is 5.98. The summed E-state index contributed by atoms with van der Waals surface area (Å²) in [5.41, 5.74) is 0. The van der Waals surface area contributed by atoms with Gasteiger partial charge in [0.1, 0.15) is 6.61 Å². The molecule has 0 bridgehead atoms. The summed E-state index contributed by atoms with van der Waals surface area (Å²) in [6.07, 6.45) is 1.19. The maximum absolute atomic E-state index is 10.9. The van der Waals surface area contributed by atoms with Gasteiger partial charge in [-0.3, -0.25) is 0 Å². The third kappa shape index (κ3) is 9.93. The van der Waals surface area contributed by atoms with Crippen LogP contribution in [-0.4, -0.2) is 50.8 Å². The maximum Gasteiger partial charge on any atom is 0.332 e. The molecule has 4 nitrogen and oxygen atoms in total. The molecule has 96 valence electrons. The second-order valence-electron chi connectivity index (χ2n) is 4.34. The largest absolute Gasteiger partial charge is 0.464 e. The summed E-state index contributed by atoms with van der Waals surface area (Å²) < 4.78 is 9.96. The van der Waals surface area contributed by atoms with Crippen LogP contribution in [0.4, 0.5) is 0 Å². The zero-order chi connectivity index (χ0) is 12.4. The molecule has 0 atom stereocenters. The minimum absolute atomic E-state index is 0.0614. The molecule has 0 heterocycles. The Hall–Kier alpha value is -0.610. The lowest BCUT2D eigenvalue weighted by molar-refractivity contribution is -0.148. The van der Waals surface area contributed by atoms with E-state index in [0.29, 0.717) is 13.2 Å². The van der Waals surface area contributed by atoms with Crippen molar-refractivity contribution in [2.75, 3.05) is 40.0 Å². The van der Waals surface area contributed by atoms with Crippen molar-refractivity contribution in [3.05, 3.63) is 0 Å². The van der Waals surface area contributed by atoms with Crippen molar-refractivity contribution in [1.29, 1.82) is 0 Å². The molecule has 0 aliphatic heterocycles. The first-order chi connectivity index (χ1) is 7.56. The zero-order valence-corrected chi connectivity index (χ0v) is 11.0. The fourth-order valence-corrected chi connectivity index (χ4v) is 1.17. The van der Waals surface area contributed by atoms with Crippen molar-refractivity contribution in [2.45, 2.75) is 27.2 Å². The molecule has 0 rings (SSSR count). The standard InChI is InChI=1S/C12H25NO3/c1-5-16-12(14)10-15-9-8-13(4)7-6-11(2)3/h11H,5-10H2,1-4H3. The van der Waals surface area contributed by atoms with Crippen molar-refractivity contribution in [2.24, 2.45) is 5.92 Å². The number of esters is 1. The average Bonchev–Trinajstić information content (AvgIpc) is 2.22. The summed E-state index contributed by atoms with van der Waals surface area (Å²) in [5.74, 6) is 0.440. The molecule has 4 heteroatoms. The van der Waals surface area contributed by atoms with Crippen LogP contribution in [0.25, 0.3) is 0 Å². The predicted molar refractivity (Wildman–Crippen MR) is 64.4 cm³/mol. The molecule has 0 amide bonds. The van der Waals surface area contributed by atoms with Gasteiger partial charge in [0.15, 0.2) is 0 Å². The summed E-state index contributed by atoms with van der Waals surface area (Å²) in [5, 5.41) is 0. The average molecular weight is 231 g/mol. The summed E-state index contributed by atoms with van der Waals surface area (Å²) in [6.45, 7) is 9.19. The lowest BCUT2D eigenvalue weighted by Gasteiger charge is -2.17. The highest BCUT2D eigenvalue weighted by Crippen LogP contribution is 2.00. The topological polar surface area (TPSA) is 38.8 Å². The Morgan fingerprint density at radius 2 is 2.00 bits per heavy atom. The van der Waals surface area contributed by atoms with Crippen molar-refractivity contribution in [3.63, 3.8) is 0 Å². The molecular formula is C12H25NO3. The van der Waals surface area contributed by atoms with Gasteiger partial charge in [0.2, 0.25) is 0 Å². The first kappa shape index (κ1) is 15.4. The van der Waals surface area contributed by atoms with E-state index in [9.17, 15) is 4.79 Å². The van der Waals surface area contributed by atoms with Gasteiger partial charge >= 0.3 is 5.97 Å². The fourth-order valence-electron chi connectivity index (χ4n) is 1.17. The van der Waals surface area contributed by atoms with Gasteiger partial charge in [0.05, 0.1) is 13.2 Å². The van der Waals surface area contributed by atoms with E-state index < -0.39 is 0 Å². The van der Waals surface area contributed by atoms with Crippen LogP contribution >= 0.6 is 0 Å². The highest BCUT2D eigenvalue weighted by Gasteiger charge is 2.03. The molecule has 0 saturated carbocycles. The monoisotopic (exact) mass is 231 g/mol. The van der Waals surface area contributed by atoms with E-state index in [-0.39, 0.29) is 12.6 Å². The number of rotatable bonds is 9. The molecule has 0 aliphatic rings. The van der Waals surface area contributed by atoms with Crippen LogP contribution in [0.5, 0.6) is 0 Å². The van der Waals surface area contributed by atoms with Gasteiger partial charge < -0.3 is 14.4 Å². The SMILES string of the molecule is CCOC(=O)COCCN(C)CCC(C)C. The van der Waals surface area contributed by atoms with Crippen LogP contribution in [-0.2, 0) is 14.3 Å². The smallest absolute Gasteiger partial charge is 0.332 e. The number of carbonyl (C=O) groups excluding carboxylic acids is 1. The van der Waals surface area contributed by atoms with Crippen molar-refractivity contribution in [3.8, 4) is 0 Å². The second-order valence-corrected chi connectivity index (χ2v) is 4.34. The molecule has 0 aromatic carbocycles. The Kier molecular flexibility index (Phi) is 9.24. The number of carbonyl (C=O) groups is 1. The number of hydrogen-bond donors (Lipinski definition) is 0. The number of hydrogen-bond acceptors (Lipinski definition) is 4. The van der Waals surface area contributed by atoms with Crippen molar-refractivity contribution >= 4 is 5.97 Å². The number of likely N-dealkylation sites (N-methyl/N-ethyl adjacent to an activating group) is 1. The lowest BCUT2D eigenvalue weighted by Crippen LogP contribution is -2.26. The van der Waals surface area contributed by atoms with Crippen LogP contribution in [0.1, 0.15) is 27.2 Å². The van der Waals surface area contributed by atoms with Gasteiger partial charge in [-0.05, 0) is 32.9 Å². The van der Waals surface area contributed by atoms with Crippen molar-refractivity contribution < 1.29 is 14.3 Å². The molecule has 0 radical (unpaired) electrons. The minimum Gasteiger partial charge on any atom is -0.464 e. The van der Waals surface area contributed by atoms with Gasteiger partial charge in [-0.1, -0.05) is 13.8 Å². The highest BCUT2D eigenvalue weighted by atomic mass is 16.6. The van der Waals surface area contributed by atoms with Gasteiger partial charge in [0, 0.05) is 6.54 Å². The van der Waals surface area contributed by atoms with E-state index >= 15 is 0 Å². The van der Waals surface area contributed by atoms with Crippen LogP contribution in [0.3, 0.4) is 0 Å². The Balaban J connectivity index is 3.33. The van der Waals surface area contributed by atoms with Gasteiger partial charge in [-0.15, -0.1) is 0 Å². The van der Waals surface area contributed by atoms with E-state index in [4.69, 9.17) is 9.47 Å². The lowest BCUT2D eigenvalue weighted by atomic mass is 10.1. The summed E-state index contributed by atoms with van der Waals surface area (Å²) in [4.78, 5) is 13.2. The molecule has 0 aromatic rings. The van der Waals surface area contributed by atoms with E-state index in [1.165, 1.54) is 6.42 Å². The summed E-state index contributed by atoms with van der Waals surface area (Å²) >= 11 is 0. The van der Waals surface area contributed by atoms with E-state index in [2.05, 4.69) is 25.8 Å². The molecular weight excluding hydrogens is 206 g/mol. The van der Waals surface area contributed by atoms with E-state index in [0.717, 1.165) is 19.0 Å². The van der Waals surface area contributed by atoms with Crippen LogP contribution in [0, 0.1) is 5.92 Å². The quantitative estimate of drug-likeness (QED) is 0.446. The Morgan fingerprint density at radius 1 is 1.31 bits per heavy atom. The number of ether oxygens (including phenoxy) is 2. The molecule has 0 N–H and O–H groups in total. The second kappa shape index (κ2) is 9.60. The first-order valence-electron chi connectivity index (χ1n) is 5.98. The van der Waals surface area contributed by atoms with E-state index in [1.54, 1.807) is 6.92 Å². The van der Waals surface area contributed by atoms with E-state index in [1.807, 2.05) is 0 Å². The minimum atomic E-state index is -0.285.